The van der Waals surface area contributed by atoms with E-state index in [1.54, 1.807) is 0 Å². The number of anilines is 4. The van der Waals surface area contributed by atoms with Gasteiger partial charge in [-0.05, 0) is 77.6 Å². The van der Waals surface area contributed by atoms with Crippen molar-refractivity contribution < 1.29 is 9.47 Å². The Labute approximate surface area is 291 Å². The van der Waals surface area contributed by atoms with E-state index in [1.807, 2.05) is 0 Å². The molecule has 1 aliphatic carbocycles. The fraction of sp³-hybridized carbons (Fsp3) is 0.244. The first-order valence-corrected chi connectivity index (χ1v) is 17.8. The summed E-state index contributed by atoms with van der Waals surface area (Å²) in [4.78, 5) is 4.83. The Balaban J connectivity index is 0.799. The first-order chi connectivity index (χ1) is 24.3. The molecule has 2 unspecified atom stereocenters. The molecule has 0 fully saturated rings. The van der Waals surface area contributed by atoms with Crippen molar-refractivity contribution in [2.24, 2.45) is 0 Å². The molecule has 0 spiro atoms. The Morgan fingerprint density at radius 3 is 1.78 bits per heavy atom. The maximum absolute atomic E-state index is 6.13. The van der Waals surface area contributed by atoms with E-state index in [0.29, 0.717) is 25.2 Å². The lowest BCUT2D eigenvalue weighted by atomic mass is 9.88. The molecule has 49 heavy (non-hydrogen) atoms. The second kappa shape index (κ2) is 16.5. The van der Waals surface area contributed by atoms with Crippen molar-refractivity contribution >= 4 is 22.7 Å². The number of para-hydroxylation sites is 3. The topological polar surface area (TPSA) is 24.9 Å². The zero-order valence-electron chi connectivity index (χ0n) is 28.2. The van der Waals surface area contributed by atoms with E-state index in [9.17, 15) is 0 Å². The molecule has 4 heteroatoms. The van der Waals surface area contributed by atoms with Gasteiger partial charge in [-0.25, -0.2) is 0 Å². The quantitative estimate of drug-likeness (QED) is 0.0996. The van der Waals surface area contributed by atoms with Crippen molar-refractivity contribution in [1.29, 1.82) is 0 Å². The highest BCUT2D eigenvalue weighted by Gasteiger charge is 2.37. The van der Waals surface area contributed by atoms with Gasteiger partial charge < -0.3 is 19.3 Å². The first kappa shape index (κ1) is 32.6. The van der Waals surface area contributed by atoms with Crippen LogP contribution in [0.5, 0.6) is 0 Å². The van der Waals surface area contributed by atoms with Crippen LogP contribution in [0.1, 0.15) is 48.3 Å². The number of ether oxygens (including phenoxy) is 2. The molecule has 0 radical (unpaired) electrons. The average Bonchev–Trinajstić information content (AvgIpc) is 3.46. The van der Waals surface area contributed by atoms with Gasteiger partial charge in [-0.1, -0.05) is 128 Å². The third-order valence-corrected chi connectivity index (χ3v) is 9.52. The Morgan fingerprint density at radius 1 is 0.531 bits per heavy atom. The zero-order chi connectivity index (χ0) is 33.1. The highest BCUT2D eigenvalue weighted by atomic mass is 16.5. The lowest BCUT2D eigenvalue weighted by Gasteiger charge is -2.29. The molecule has 5 aromatic rings. The number of hydrogen-bond donors (Lipinski definition) is 0. The van der Waals surface area contributed by atoms with E-state index in [2.05, 4.69) is 168 Å². The van der Waals surface area contributed by atoms with Crippen molar-refractivity contribution in [3.63, 3.8) is 0 Å². The van der Waals surface area contributed by atoms with E-state index in [1.165, 1.54) is 28.0 Å². The summed E-state index contributed by atoms with van der Waals surface area (Å²) in [5, 5.41) is 0. The summed E-state index contributed by atoms with van der Waals surface area (Å²) < 4.78 is 12.2. The zero-order valence-corrected chi connectivity index (χ0v) is 28.2. The number of hydrogen-bond acceptors (Lipinski definition) is 4. The van der Waals surface area contributed by atoms with E-state index in [0.717, 1.165) is 62.5 Å². The summed E-state index contributed by atoms with van der Waals surface area (Å²) in [6, 6.07) is 49.7. The van der Waals surface area contributed by atoms with Crippen LogP contribution in [-0.4, -0.2) is 25.9 Å². The minimum atomic E-state index is 0.354. The van der Waals surface area contributed by atoms with Crippen molar-refractivity contribution in [3.05, 3.63) is 180 Å². The summed E-state index contributed by atoms with van der Waals surface area (Å²) >= 11 is 0. The van der Waals surface area contributed by atoms with Crippen LogP contribution in [0.3, 0.4) is 0 Å². The van der Waals surface area contributed by atoms with Gasteiger partial charge in [0.25, 0.3) is 0 Å². The largest absolute Gasteiger partial charge is 0.377 e. The Kier molecular flexibility index (Phi) is 11.0. The molecule has 0 amide bonds. The van der Waals surface area contributed by atoms with Gasteiger partial charge in [0.2, 0.25) is 0 Å². The van der Waals surface area contributed by atoms with E-state index in [-0.39, 0.29) is 0 Å². The number of benzene rings is 5. The predicted octanol–water partition coefficient (Wildman–Crippen LogP) is 10.9. The minimum absolute atomic E-state index is 0.354. The third kappa shape index (κ3) is 8.22. The van der Waals surface area contributed by atoms with Gasteiger partial charge in [-0.2, -0.15) is 0 Å². The number of rotatable bonds is 16. The van der Waals surface area contributed by atoms with Crippen LogP contribution in [0.2, 0.25) is 0 Å². The normalized spacial score (nSPS) is 16.2. The maximum atomic E-state index is 6.13. The number of nitrogens with zero attached hydrogens (tertiary/aromatic N) is 2. The fourth-order valence-electron chi connectivity index (χ4n) is 7.04. The summed E-state index contributed by atoms with van der Waals surface area (Å²) in [5.41, 5.74) is 10.0. The summed E-state index contributed by atoms with van der Waals surface area (Å²) in [7, 11) is 0. The lowest BCUT2D eigenvalue weighted by Crippen LogP contribution is -2.32. The summed E-state index contributed by atoms with van der Waals surface area (Å²) in [6.45, 7) is 3.82. The maximum Gasteiger partial charge on any atom is 0.0716 e. The van der Waals surface area contributed by atoms with Gasteiger partial charge in [0, 0.05) is 48.4 Å². The van der Waals surface area contributed by atoms with Gasteiger partial charge >= 0.3 is 0 Å². The van der Waals surface area contributed by atoms with Gasteiger partial charge in [0.15, 0.2) is 0 Å². The smallest absolute Gasteiger partial charge is 0.0716 e. The SMILES string of the molecule is C1=CC2C(C=C1COCCCCCCOCc1ccc(N(c3ccccc3)c3ccccc3)cc1)c1ccccc1N2Cc1ccccc1. The second-order valence-electron chi connectivity index (χ2n) is 13.0. The second-order valence-corrected chi connectivity index (χ2v) is 13.0. The van der Waals surface area contributed by atoms with Crippen molar-refractivity contribution in [2.75, 3.05) is 29.6 Å². The molecule has 0 saturated heterocycles. The van der Waals surface area contributed by atoms with Crippen LogP contribution in [0.4, 0.5) is 22.7 Å². The molecule has 5 aromatic carbocycles. The van der Waals surface area contributed by atoms with Crippen molar-refractivity contribution in [1.82, 2.24) is 0 Å². The van der Waals surface area contributed by atoms with Crippen LogP contribution >= 0.6 is 0 Å². The van der Waals surface area contributed by atoms with Crippen molar-refractivity contribution in [2.45, 2.75) is 50.8 Å². The Hall–Kier alpha value is -4.90. The molecule has 248 valence electrons. The molecule has 0 bridgehead atoms. The van der Waals surface area contributed by atoms with Crippen LogP contribution in [0, 0.1) is 0 Å². The standard InChI is InChI=1S/C45H46N2O2/c1(14-30-48-34-37-24-27-41(28-25-37)47(39-18-8-4-9-19-39)40-20-10-5-11-21-40)2-15-31-49-35-38-26-29-45-43(32-38)42-22-12-13-23-44(42)46(45)33-36-16-6-3-7-17-36/h3-13,16-29,32,43,45H,1-2,14-15,30-31,33-35H2. The molecular formula is C45H46N2O2. The fourth-order valence-corrected chi connectivity index (χ4v) is 7.04. The molecule has 4 nitrogen and oxygen atoms in total. The first-order valence-electron chi connectivity index (χ1n) is 17.8. The van der Waals surface area contributed by atoms with Gasteiger partial charge in [0.1, 0.15) is 0 Å². The molecule has 2 aliphatic rings. The lowest BCUT2D eigenvalue weighted by molar-refractivity contribution is 0.115. The number of fused-ring (bicyclic) bond motifs is 3. The number of unbranched alkanes of at least 4 members (excludes halogenated alkanes) is 3. The highest BCUT2D eigenvalue weighted by molar-refractivity contribution is 5.76. The van der Waals surface area contributed by atoms with Crippen LogP contribution in [-0.2, 0) is 22.6 Å². The molecular weight excluding hydrogens is 601 g/mol. The van der Waals surface area contributed by atoms with E-state index < -0.39 is 0 Å². The van der Waals surface area contributed by atoms with Gasteiger partial charge in [0.05, 0.1) is 19.3 Å². The van der Waals surface area contributed by atoms with Crippen molar-refractivity contribution in [3.8, 4) is 0 Å². The molecule has 7 rings (SSSR count). The Morgan fingerprint density at radius 2 is 1.10 bits per heavy atom. The molecule has 1 aliphatic heterocycles. The molecule has 1 heterocycles. The van der Waals surface area contributed by atoms with Crippen LogP contribution in [0.15, 0.2) is 163 Å². The van der Waals surface area contributed by atoms with E-state index in [4.69, 9.17) is 9.47 Å². The molecule has 0 saturated carbocycles. The highest BCUT2D eigenvalue weighted by Crippen LogP contribution is 2.45. The summed E-state index contributed by atoms with van der Waals surface area (Å²) in [5.74, 6) is 0.375. The minimum Gasteiger partial charge on any atom is -0.377 e. The molecule has 2 atom stereocenters. The van der Waals surface area contributed by atoms with Crippen LogP contribution in [0.25, 0.3) is 0 Å². The van der Waals surface area contributed by atoms with Crippen LogP contribution < -0.4 is 9.80 Å². The Bertz CT molecular complexity index is 1760. The average molecular weight is 647 g/mol. The molecule has 0 aromatic heterocycles. The molecule has 0 N–H and O–H groups in total. The van der Waals surface area contributed by atoms with E-state index >= 15 is 0 Å². The summed E-state index contributed by atoms with van der Waals surface area (Å²) in [6.07, 6.45) is 11.6. The monoisotopic (exact) mass is 646 g/mol. The van der Waals surface area contributed by atoms with Gasteiger partial charge in [-0.15, -0.1) is 0 Å². The van der Waals surface area contributed by atoms with Gasteiger partial charge in [-0.3, -0.25) is 0 Å². The predicted molar refractivity (Wildman–Crippen MR) is 203 cm³/mol. The third-order valence-electron chi connectivity index (χ3n) is 9.52.